The van der Waals surface area contributed by atoms with E-state index in [2.05, 4.69) is 37.3 Å². The molecule has 2 aromatic rings. The normalized spacial score (nSPS) is 22.3. The van der Waals surface area contributed by atoms with Crippen molar-refractivity contribution in [1.82, 2.24) is 30.0 Å². The van der Waals surface area contributed by atoms with Crippen LogP contribution in [0.3, 0.4) is 0 Å². The summed E-state index contributed by atoms with van der Waals surface area (Å²) in [6, 6.07) is 4.02. The average molecular weight is 453 g/mol. The first-order valence-electron chi connectivity index (χ1n) is 12.4. The Morgan fingerprint density at radius 3 is 2.58 bits per heavy atom. The van der Waals surface area contributed by atoms with Gasteiger partial charge >= 0.3 is 0 Å². The molecule has 2 aliphatic heterocycles. The highest BCUT2D eigenvalue weighted by Crippen LogP contribution is 2.32. The van der Waals surface area contributed by atoms with Crippen LogP contribution in [0.25, 0.3) is 0 Å². The van der Waals surface area contributed by atoms with E-state index < -0.39 is 0 Å². The minimum Gasteiger partial charge on any atom is -0.354 e. The van der Waals surface area contributed by atoms with Crippen LogP contribution in [0.5, 0.6) is 0 Å². The third-order valence-corrected chi connectivity index (χ3v) is 7.11. The molecule has 2 aromatic heterocycles. The van der Waals surface area contributed by atoms with Gasteiger partial charge in [0.2, 0.25) is 5.91 Å². The molecule has 0 bridgehead atoms. The van der Waals surface area contributed by atoms with E-state index in [0.29, 0.717) is 17.7 Å². The summed E-state index contributed by atoms with van der Waals surface area (Å²) in [5.41, 5.74) is 1.01. The summed E-state index contributed by atoms with van der Waals surface area (Å²) in [6.07, 6.45) is 6.23. The topological polar surface area (TPSA) is 93.3 Å². The summed E-state index contributed by atoms with van der Waals surface area (Å²) in [6.45, 7) is 7.77. The minimum absolute atomic E-state index is 0.310. The number of nitrogens with one attached hydrogen (secondary N) is 2. The van der Waals surface area contributed by atoms with Gasteiger partial charge in [-0.25, -0.2) is 9.97 Å². The molecule has 9 nitrogen and oxygen atoms in total. The van der Waals surface area contributed by atoms with Crippen LogP contribution in [-0.2, 0) is 11.2 Å². The van der Waals surface area contributed by atoms with Crippen LogP contribution >= 0.6 is 0 Å². The van der Waals surface area contributed by atoms with Crippen molar-refractivity contribution in [3.63, 3.8) is 0 Å². The van der Waals surface area contributed by atoms with Crippen LogP contribution in [0.4, 0.5) is 17.5 Å². The zero-order valence-electron chi connectivity index (χ0n) is 19.9. The number of aromatic amines is 1. The highest BCUT2D eigenvalue weighted by Gasteiger charge is 2.34. The SMILES string of the molecule is Cc1cc(Nc2cc(N3CCN(C)CC3)nc(C[C@@H]3CCCN(C(=O)C4CC4)CC3)n2)n[nH]1. The molecule has 2 N–H and O–H groups in total. The molecular weight excluding hydrogens is 416 g/mol. The zero-order valence-corrected chi connectivity index (χ0v) is 19.9. The molecule has 3 aliphatic rings. The number of H-pyrrole nitrogens is 1. The maximum absolute atomic E-state index is 12.5. The van der Waals surface area contributed by atoms with E-state index in [1.807, 2.05) is 19.1 Å². The van der Waals surface area contributed by atoms with Crippen LogP contribution in [-0.4, -0.2) is 82.2 Å². The van der Waals surface area contributed by atoms with Gasteiger partial charge in [0, 0.05) is 69.4 Å². The Labute approximate surface area is 196 Å². The van der Waals surface area contributed by atoms with E-state index >= 15 is 0 Å². The number of carbonyl (C=O) groups is 1. The summed E-state index contributed by atoms with van der Waals surface area (Å²) >= 11 is 0. The Bertz CT molecular complexity index is 963. The number of anilines is 3. The summed E-state index contributed by atoms with van der Waals surface area (Å²) in [4.78, 5) is 29.2. The first-order chi connectivity index (χ1) is 16.0. The Hall–Kier alpha value is -2.68. The number of likely N-dealkylation sites (tertiary alicyclic amines) is 1. The minimum atomic E-state index is 0.310. The Balaban J connectivity index is 1.31. The van der Waals surface area contributed by atoms with Gasteiger partial charge in [-0.15, -0.1) is 0 Å². The van der Waals surface area contributed by atoms with Crippen molar-refractivity contribution in [2.45, 2.75) is 45.4 Å². The lowest BCUT2D eigenvalue weighted by atomic mass is 9.96. The fourth-order valence-electron chi connectivity index (χ4n) is 4.89. The quantitative estimate of drug-likeness (QED) is 0.696. The zero-order chi connectivity index (χ0) is 22.8. The maximum atomic E-state index is 12.5. The lowest BCUT2D eigenvalue weighted by molar-refractivity contribution is -0.132. The van der Waals surface area contributed by atoms with Gasteiger partial charge in [-0.1, -0.05) is 0 Å². The van der Waals surface area contributed by atoms with Crippen molar-refractivity contribution in [1.29, 1.82) is 0 Å². The standard InChI is InChI=1S/C24H36N8O/c1-17-14-22(29-28-17)26-21-16-23(31-12-10-30(2)11-13-31)27-20(25-21)15-18-4-3-8-32(9-7-18)24(33)19-5-6-19/h14,16,18-19H,3-13,15H2,1-2H3,(H2,25,26,27,28,29)/t18-/m1/s1. The molecule has 1 atom stereocenters. The van der Waals surface area contributed by atoms with E-state index in [4.69, 9.17) is 9.97 Å². The molecule has 9 heteroatoms. The molecule has 0 spiro atoms. The number of hydrogen-bond donors (Lipinski definition) is 2. The highest BCUT2D eigenvalue weighted by molar-refractivity contribution is 5.81. The molecule has 178 valence electrons. The van der Waals surface area contributed by atoms with Gasteiger partial charge in [-0.2, -0.15) is 5.10 Å². The predicted molar refractivity (Wildman–Crippen MR) is 129 cm³/mol. The summed E-state index contributed by atoms with van der Waals surface area (Å²) in [5.74, 6) is 4.62. The fourth-order valence-corrected chi connectivity index (χ4v) is 4.89. The Kier molecular flexibility index (Phi) is 6.48. The number of piperazine rings is 1. The number of likely N-dealkylation sites (N-methyl/N-ethyl adjacent to an activating group) is 1. The number of carbonyl (C=O) groups excluding carboxylic acids is 1. The van der Waals surface area contributed by atoms with Crippen molar-refractivity contribution in [3.8, 4) is 0 Å². The molecule has 33 heavy (non-hydrogen) atoms. The predicted octanol–water partition coefficient (Wildman–Crippen LogP) is 2.58. The molecule has 0 radical (unpaired) electrons. The van der Waals surface area contributed by atoms with E-state index in [-0.39, 0.29) is 0 Å². The van der Waals surface area contributed by atoms with Crippen LogP contribution in [0.1, 0.15) is 43.6 Å². The van der Waals surface area contributed by atoms with Crippen LogP contribution in [0.2, 0.25) is 0 Å². The number of aryl methyl sites for hydroxylation is 1. The first-order valence-corrected chi connectivity index (χ1v) is 12.4. The third kappa shape index (κ3) is 5.63. The van der Waals surface area contributed by atoms with Gasteiger partial charge in [0.25, 0.3) is 0 Å². The second kappa shape index (κ2) is 9.67. The lowest BCUT2D eigenvalue weighted by Crippen LogP contribution is -2.45. The van der Waals surface area contributed by atoms with Crippen molar-refractivity contribution < 1.29 is 4.79 Å². The molecule has 2 saturated heterocycles. The van der Waals surface area contributed by atoms with Crippen LogP contribution < -0.4 is 10.2 Å². The molecule has 4 heterocycles. The second-order valence-electron chi connectivity index (χ2n) is 9.98. The number of nitrogens with zero attached hydrogens (tertiary/aromatic N) is 6. The van der Waals surface area contributed by atoms with Crippen molar-refractivity contribution in [2.75, 3.05) is 56.5 Å². The number of hydrogen-bond acceptors (Lipinski definition) is 7. The fraction of sp³-hybridized carbons (Fsp3) is 0.667. The van der Waals surface area contributed by atoms with Gasteiger partial charge in [-0.05, 0) is 52.0 Å². The van der Waals surface area contributed by atoms with Crippen LogP contribution in [0.15, 0.2) is 12.1 Å². The summed E-state index contributed by atoms with van der Waals surface area (Å²) < 4.78 is 0. The van der Waals surface area contributed by atoms with Gasteiger partial charge < -0.3 is 20.0 Å². The number of amides is 1. The highest BCUT2D eigenvalue weighted by atomic mass is 16.2. The van der Waals surface area contributed by atoms with Crippen molar-refractivity contribution >= 4 is 23.4 Å². The molecule has 1 amide bonds. The van der Waals surface area contributed by atoms with Crippen molar-refractivity contribution in [2.24, 2.45) is 11.8 Å². The molecule has 1 saturated carbocycles. The molecule has 1 aliphatic carbocycles. The molecule has 0 aromatic carbocycles. The third-order valence-electron chi connectivity index (χ3n) is 7.11. The van der Waals surface area contributed by atoms with Gasteiger partial charge in [0.1, 0.15) is 17.5 Å². The lowest BCUT2D eigenvalue weighted by Gasteiger charge is -2.33. The van der Waals surface area contributed by atoms with E-state index in [0.717, 1.165) is 107 Å². The second-order valence-corrected chi connectivity index (χ2v) is 9.98. The monoisotopic (exact) mass is 452 g/mol. The average Bonchev–Trinajstić information content (AvgIpc) is 3.60. The van der Waals surface area contributed by atoms with Gasteiger partial charge in [-0.3, -0.25) is 9.89 Å². The maximum Gasteiger partial charge on any atom is 0.225 e. The Morgan fingerprint density at radius 2 is 1.85 bits per heavy atom. The molecular formula is C24H36N8O. The number of rotatable bonds is 6. The van der Waals surface area contributed by atoms with Crippen LogP contribution in [0, 0.1) is 18.8 Å². The molecule has 5 rings (SSSR count). The van der Waals surface area contributed by atoms with Gasteiger partial charge in [0.15, 0.2) is 5.82 Å². The Morgan fingerprint density at radius 1 is 1.03 bits per heavy atom. The van der Waals surface area contributed by atoms with E-state index in [1.54, 1.807) is 0 Å². The van der Waals surface area contributed by atoms with Crippen molar-refractivity contribution in [3.05, 3.63) is 23.7 Å². The number of aromatic nitrogens is 4. The summed E-state index contributed by atoms with van der Waals surface area (Å²) in [5, 5.41) is 10.7. The van der Waals surface area contributed by atoms with Gasteiger partial charge in [0.05, 0.1) is 0 Å². The molecule has 0 unspecified atom stereocenters. The smallest absolute Gasteiger partial charge is 0.225 e. The summed E-state index contributed by atoms with van der Waals surface area (Å²) in [7, 11) is 2.17. The first kappa shape index (κ1) is 22.1. The van der Waals surface area contributed by atoms with E-state index in [9.17, 15) is 4.79 Å². The largest absolute Gasteiger partial charge is 0.354 e. The van der Waals surface area contributed by atoms with E-state index in [1.165, 1.54) is 0 Å². The molecule has 3 fully saturated rings.